The van der Waals surface area contributed by atoms with E-state index in [1.807, 2.05) is 37.3 Å². The second-order valence-electron chi connectivity index (χ2n) is 3.75. The standard InChI is InChI=1S/C14H12BrFO/c1-10(11-5-3-2-4-6-11)17-12-7-8-13(15)14(16)9-12/h2-10H,1H3. The molecular formula is C14H12BrFO. The van der Waals surface area contributed by atoms with Crippen LogP contribution in [0.3, 0.4) is 0 Å². The summed E-state index contributed by atoms with van der Waals surface area (Å²) < 4.78 is 19.4. The van der Waals surface area contributed by atoms with E-state index in [4.69, 9.17) is 4.74 Å². The molecule has 0 radical (unpaired) electrons. The van der Waals surface area contributed by atoms with Gasteiger partial charge >= 0.3 is 0 Å². The third kappa shape index (κ3) is 3.07. The molecule has 0 spiro atoms. The molecule has 0 aliphatic heterocycles. The topological polar surface area (TPSA) is 9.23 Å². The fourth-order valence-electron chi connectivity index (χ4n) is 1.55. The Kier molecular flexibility index (Phi) is 3.79. The van der Waals surface area contributed by atoms with Gasteiger partial charge in [0, 0.05) is 6.07 Å². The Hall–Kier alpha value is -1.35. The smallest absolute Gasteiger partial charge is 0.141 e. The highest BCUT2D eigenvalue weighted by Gasteiger charge is 2.08. The summed E-state index contributed by atoms with van der Waals surface area (Å²) in [6.45, 7) is 1.94. The van der Waals surface area contributed by atoms with Crippen LogP contribution in [0.4, 0.5) is 4.39 Å². The molecule has 0 bridgehead atoms. The molecule has 1 nitrogen and oxygen atoms in total. The van der Waals surface area contributed by atoms with Gasteiger partial charge in [0.15, 0.2) is 0 Å². The van der Waals surface area contributed by atoms with Crippen molar-refractivity contribution < 1.29 is 9.13 Å². The summed E-state index contributed by atoms with van der Waals surface area (Å²) in [5.41, 5.74) is 1.07. The van der Waals surface area contributed by atoms with Gasteiger partial charge in [-0.25, -0.2) is 4.39 Å². The Bertz CT molecular complexity index is 499. The molecule has 17 heavy (non-hydrogen) atoms. The number of ether oxygens (including phenoxy) is 1. The summed E-state index contributed by atoms with van der Waals surface area (Å²) in [5, 5.41) is 0. The van der Waals surface area contributed by atoms with Gasteiger partial charge in [-0.2, -0.15) is 0 Å². The summed E-state index contributed by atoms with van der Waals surface area (Å²) in [6, 6.07) is 14.6. The Morgan fingerprint density at radius 1 is 1.12 bits per heavy atom. The molecule has 3 heteroatoms. The molecular weight excluding hydrogens is 283 g/mol. The monoisotopic (exact) mass is 294 g/mol. The van der Waals surface area contributed by atoms with E-state index in [0.29, 0.717) is 10.2 Å². The molecule has 0 saturated heterocycles. The second kappa shape index (κ2) is 5.32. The summed E-state index contributed by atoms with van der Waals surface area (Å²) in [7, 11) is 0. The lowest BCUT2D eigenvalue weighted by molar-refractivity contribution is 0.226. The predicted octanol–water partition coefficient (Wildman–Crippen LogP) is 4.73. The number of hydrogen-bond acceptors (Lipinski definition) is 1. The van der Waals surface area contributed by atoms with Crippen molar-refractivity contribution in [3.63, 3.8) is 0 Å². The molecule has 2 aromatic rings. The third-order valence-electron chi connectivity index (χ3n) is 2.47. The zero-order valence-corrected chi connectivity index (χ0v) is 10.9. The van der Waals surface area contributed by atoms with E-state index < -0.39 is 0 Å². The van der Waals surface area contributed by atoms with Crippen molar-refractivity contribution in [2.75, 3.05) is 0 Å². The second-order valence-corrected chi connectivity index (χ2v) is 4.60. The molecule has 0 amide bonds. The Morgan fingerprint density at radius 3 is 2.47 bits per heavy atom. The largest absolute Gasteiger partial charge is 0.486 e. The summed E-state index contributed by atoms with van der Waals surface area (Å²) in [6.07, 6.45) is -0.100. The van der Waals surface area contributed by atoms with Crippen molar-refractivity contribution in [3.05, 3.63) is 64.4 Å². The van der Waals surface area contributed by atoms with Crippen LogP contribution in [-0.4, -0.2) is 0 Å². The zero-order valence-electron chi connectivity index (χ0n) is 9.36. The first kappa shape index (κ1) is 12.1. The minimum atomic E-state index is -0.317. The fraction of sp³-hybridized carbons (Fsp3) is 0.143. The van der Waals surface area contributed by atoms with Crippen LogP contribution >= 0.6 is 15.9 Å². The van der Waals surface area contributed by atoms with E-state index in [-0.39, 0.29) is 11.9 Å². The Balaban J connectivity index is 2.13. The molecule has 2 rings (SSSR count). The first-order valence-corrected chi connectivity index (χ1v) is 6.13. The summed E-state index contributed by atoms with van der Waals surface area (Å²) >= 11 is 3.11. The average molecular weight is 295 g/mol. The van der Waals surface area contributed by atoms with Crippen molar-refractivity contribution in [2.45, 2.75) is 13.0 Å². The average Bonchev–Trinajstić information content (AvgIpc) is 2.35. The van der Waals surface area contributed by atoms with Crippen LogP contribution in [0.25, 0.3) is 0 Å². The maximum absolute atomic E-state index is 13.3. The van der Waals surface area contributed by atoms with E-state index in [2.05, 4.69) is 15.9 Å². The van der Waals surface area contributed by atoms with Gasteiger partial charge in [0.05, 0.1) is 4.47 Å². The highest BCUT2D eigenvalue weighted by Crippen LogP contribution is 2.25. The fourth-order valence-corrected chi connectivity index (χ4v) is 1.79. The van der Waals surface area contributed by atoms with E-state index in [1.54, 1.807) is 12.1 Å². The van der Waals surface area contributed by atoms with Gasteiger partial charge in [0.25, 0.3) is 0 Å². The van der Waals surface area contributed by atoms with Gasteiger partial charge in [0.1, 0.15) is 17.7 Å². The van der Waals surface area contributed by atoms with E-state index in [1.165, 1.54) is 6.07 Å². The van der Waals surface area contributed by atoms with Crippen LogP contribution in [0, 0.1) is 5.82 Å². The van der Waals surface area contributed by atoms with Crippen LogP contribution in [0.1, 0.15) is 18.6 Å². The van der Waals surface area contributed by atoms with Gasteiger partial charge in [0.2, 0.25) is 0 Å². The molecule has 0 aliphatic rings. The number of benzene rings is 2. The van der Waals surface area contributed by atoms with Crippen LogP contribution in [-0.2, 0) is 0 Å². The van der Waals surface area contributed by atoms with Crippen LogP contribution < -0.4 is 4.74 Å². The van der Waals surface area contributed by atoms with Gasteiger partial charge in [-0.1, -0.05) is 30.3 Å². The van der Waals surface area contributed by atoms with Crippen molar-refractivity contribution >= 4 is 15.9 Å². The minimum Gasteiger partial charge on any atom is -0.486 e. The van der Waals surface area contributed by atoms with Crippen molar-refractivity contribution in [1.29, 1.82) is 0 Å². The van der Waals surface area contributed by atoms with Gasteiger partial charge in [-0.3, -0.25) is 0 Å². The number of hydrogen-bond donors (Lipinski definition) is 0. The molecule has 0 saturated carbocycles. The molecule has 0 N–H and O–H groups in total. The summed E-state index contributed by atoms with van der Waals surface area (Å²) in [4.78, 5) is 0. The quantitative estimate of drug-likeness (QED) is 0.795. The maximum Gasteiger partial charge on any atom is 0.141 e. The normalized spacial score (nSPS) is 12.2. The van der Waals surface area contributed by atoms with Crippen molar-refractivity contribution in [1.82, 2.24) is 0 Å². The van der Waals surface area contributed by atoms with Gasteiger partial charge in [-0.05, 0) is 40.5 Å². The molecule has 88 valence electrons. The lowest BCUT2D eigenvalue weighted by atomic mass is 10.1. The van der Waals surface area contributed by atoms with E-state index in [9.17, 15) is 4.39 Å². The van der Waals surface area contributed by atoms with Gasteiger partial charge < -0.3 is 4.74 Å². The van der Waals surface area contributed by atoms with E-state index in [0.717, 1.165) is 5.56 Å². The molecule has 0 heterocycles. The van der Waals surface area contributed by atoms with Gasteiger partial charge in [-0.15, -0.1) is 0 Å². The SMILES string of the molecule is CC(Oc1ccc(Br)c(F)c1)c1ccccc1. The summed E-state index contributed by atoms with van der Waals surface area (Å²) in [5.74, 6) is 0.213. The Labute approximate surface area is 108 Å². The van der Waals surface area contributed by atoms with Crippen LogP contribution in [0.15, 0.2) is 53.0 Å². The highest BCUT2D eigenvalue weighted by atomic mass is 79.9. The molecule has 1 atom stereocenters. The van der Waals surface area contributed by atoms with Crippen molar-refractivity contribution in [2.24, 2.45) is 0 Å². The number of rotatable bonds is 3. The molecule has 0 aromatic heterocycles. The molecule has 0 fully saturated rings. The lowest BCUT2D eigenvalue weighted by Crippen LogP contribution is -2.02. The minimum absolute atomic E-state index is 0.100. The van der Waals surface area contributed by atoms with Crippen LogP contribution in [0.2, 0.25) is 0 Å². The lowest BCUT2D eigenvalue weighted by Gasteiger charge is -2.15. The molecule has 0 aliphatic carbocycles. The zero-order chi connectivity index (χ0) is 12.3. The highest BCUT2D eigenvalue weighted by molar-refractivity contribution is 9.10. The molecule has 2 aromatic carbocycles. The van der Waals surface area contributed by atoms with E-state index >= 15 is 0 Å². The number of halogens is 2. The Morgan fingerprint density at radius 2 is 1.82 bits per heavy atom. The maximum atomic E-state index is 13.3. The first-order chi connectivity index (χ1) is 8.16. The first-order valence-electron chi connectivity index (χ1n) is 5.33. The predicted molar refractivity (Wildman–Crippen MR) is 69.6 cm³/mol. The van der Waals surface area contributed by atoms with Crippen LogP contribution in [0.5, 0.6) is 5.75 Å². The van der Waals surface area contributed by atoms with Crippen molar-refractivity contribution in [3.8, 4) is 5.75 Å². The molecule has 1 unspecified atom stereocenters. The third-order valence-corrected chi connectivity index (χ3v) is 3.12.